The van der Waals surface area contributed by atoms with Gasteiger partial charge in [0.2, 0.25) is 0 Å². The minimum absolute atomic E-state index is 0.00386. The minimum Gasteiger partial charge on any atom is -0.496 e. The van der Waals surface area contributed by atoms with Crippen molar-refractivity contribution >= 4 is 11.9 Å². The van der Waals surface area contributed by atoms with Gasteiger partial charge in [-0.25, -0.2) is 0 Å². The zero-order valence-corrected chi connectivity index (χ0v) is 18.9. The Morgan fingerprint density at radius 3 is 2.19 bits per heavy atom. The van der Waals surface area contributed by atoms with Crippen LogP contribution < -0.4 is 9.47 Å². The third-order valence-corrected chi connectivity index (χ3v) is 5.53. The lowest BCUT2D eigenvalue weighted by Crippen LogP contribution is -2.39. The van der Waals surface area contributed by atoms with Crippen LogP contribution in [0, 0.1) is 6.92 Å². The average molecular weight is 428 g/mol. The lowest BCUT2D eigenvalue weighted by molar-refractivity contribution is -0.137. The largest absolute Gasteiger partial charge is 0.496 e. The number of aryl methyl sites for hydroxylation is 1. The van der Waals surface area contributed by atoms with Crippen molar-refractivity contribution in [2.24, 2.45) is 0 Å². The molecule has 1 atom stereocenters. The van der Waals surface area contributed by atoms with Gasteiger partial charge in [-0.15, -0.1) is 0 Å². The number of benzene rings is 2. The highest BCUT2D eigenvalue weighted by molar-refractivity contribution is 5.95. The molecular weight excluding hydrogens is 394 g/mol. The first-order valence-corrected chi connectivity index (χ1v) is 10.7. The molecule has 0 aromatic heterocycles. The van der Waals surface area contributed by atoms with Crippen molar-refractivity contribution in [3.05, 3.63) is 59.2 Å². The molecule has 0 saturated carbocycles. The third kappa shape index (κ3) is 7.02. The molecule has 0 fully saturated rings. The molecule has 2 aromatic carbocycles. The standard InChI is InChI=1S/C25H33NO5/c1-18(13-14-20-10-6-5-7-11-20)26(15-9-8-12-24(27)28)25(29)21-16-22(30-3)19(2)23(17-21)31-4/h5-7,10-11,16-18H,8-9,12-15H2,1-4H3,(H,27,28). The average Bonchev–Trinajstić information content (AvgIpc) is 2.77. The Bertz CT molecular complexity index is 840. The second-order valence-electron chi connectivity index (χ2n) is 7.73. The zero-order valence-electron chi connectivity index (χ0n) is 18.9. The van der Waals surface area contributed by atoms with Crippen LogP contribution in [0.25, 0.3) is 0 Å². The molecule has 0 saturated heterocycles. The topological polar surface area (TPSA) is 76.1 Å². The molecule has 6 heteroatoms. The molecule has 1 amide bonds. The summed E-state index contributed by atoms with van der Waals surface area (Å²) in [6, 6.07) is 13.7. The smallest absolute Gasteiger partial charge is 0.303 e. The second kappa shape index (κ2) is 12.0. The number of carbonyl (C=O) groups is 2. The molecule has 0 aliphatic heterocycles. The summed E-state index contributed by atoms with van der Waals surface area (Å²) in [6.45, 7) is 4.43. The van der Waals surface area contributed by atoms with Crippen molar-refractivity contribution in [1.29, 1.82) is 0 Å². The predicted molar refractivity (Wildman–Crippen MR) is 121 cm³/mol. The quantitative estimate of drug-likeness (QED) is 0.496. The number of nitrogens with zero attached hydrogens (tertiary/aromatic N) is 1. The van der Waals surface area contributed by atoms with Gasteiger partial charge < -0.3 is 19.5 Å². The van der Waals surface area contributed by atoms with E-state index < -0.39 is 5.97 Å². The summed E-state index contributed by atoms with van der Waals surface area (Å²) in [5.74, 6) is 0.284. The van der Waals surface area contributed by atoms with Gasteiger partial charge in [0.05, 0.1) is 14.2 Å². The number of ether oxygens (including phenoxy) is 2. The third-order valence-electron chi connectivity index (χ3n) is 5.53. The van der Waals surface area contributed by atoms with Gasteiger partial charge in [-0.3, -0.25) is 9.59 Å². The van der Waals surface area contributed by atoms with E-state index in [4.69, 9.17) is 14.6 Å². The van der Waals surface area contributed by atoms with Gasteiger partial charge in [0.25, 0.3) is 5.91 Å². The number of rotatable bonds is 12. The molecule has 6 nitrogen and oxygen atoms in total. The molecule has 1 unspecified atom stereocenters. The van der Waals surface area contributed by atoms with E-state index in [0.717, 1.165) is 18.4 Å². The number of carboxylic acid groups (broad SMARTS) is 1. The fraction of sp³-hybridized carbons (Fsp3) is 0.440. The van der Waals surface area contributed by atoms with Crippen molar-refractivity contribution < 1.29 is 24.2 Å². The highest BCUT2D eigenvalue weighted by Crippen LogP contribution is 2.30. The van der Waals surface area contributed by atoms with E-state index in [1.807, 2.05) is 36.9 Å². The summed E-state index contributed by atoms with van der Waals surface area (Å²) >= 11 is 0. The van der Waals surface area contributed by atoms with Crippen LogP contribution >= 0.6 is 0 Å². The van der Waals surface area contributed by atoms with Gasteiger partial charge in [0.15, 0.2) is 0 Å². The van der Waals surface area contributed by atoms with Crippen LogP contribution in [0.5, 0.6) is 11.5 Å². The number of unbranched alkanes of at least 4 members (excludes halogenated alkanes) is 1. The molecule has 0 spiro atoms. The van der Waals surface area contributed by atoms with Crippen LogP contribution in [-0.4, -0.2) is 48.7 Å². The highest BCUT2D eigenvalue weighted by atomic mass is 16.5. The molecule has 2 aromatic rings. The maximum Gasteiger partial charge on any atom is 0.303 e. The summed E-state index contributed by atoms with van der Waals surface area (Å²) in [7, 11) is 3.14. The summed E-state index contributed by atoms with van der Waals surface area (Å²) < 4.78 is 10.9. The first-order chi connectivity index (χ1) is 14.9. The molecular formula is C25H33NO5. The first kappa shape index (κ1) is 24.3. The van der Waals surface area contributed by atoms with Gasteiger partial charge in [-0.2, -0.15) is 0 Å². The van der Waals surface area contributed by atoms with Crippen LogP contribution in [0.3, 0.4) is 0 Å². The number of carboxylic acids is 1. The monoisotopic (exact) mass is 427 g/mol. The fourth-order valence-corrected chi connectivity index (χ4v) is 3.63. The van der Waals surface area contributed by atoms with E-state index in [0.29, 0.717) is 36.4 Å². The van der Waals surface area contributed by atoms with E-state index in [-0.39, 0.29) is 18.4 Å². The van der Waals surface area contributed by atoms with Crippen LogP contribution in [0.4, 0.5) is 0 Å². The predicted octanol–water partition coefficient (Wildman–Crippen LogP) is 4.73. The number of amides is 1. The van der Waals surface area contributed by atoms with Gasteiger partial charge in [-0.05, 0) is 57.2 Å². The van der Waals surface area contributed by atoms with Crippen LogP contribution in [0.1, 0.15) is 54.1 Å². The molecule has 0 aliphatic carbocycles. The summed E-state index contributed by atoms with van der Waals surface area (Å²) in [4.78, 5) is 26.2. The van der Waals surface area contributed by atoms with Crippen molar-refractivity contribution in [3.63, 3.8) is 0 Å². The van der Waals surface area contributed by atoms with Gasteiger partial charge in [0, 0.05) is 30.1 Å². The normalized spacial score (nSPS) is 11.6. The Morgan fingerprint density at radius 1 is 1.03 bits per heavy atom. The number of carbonyl (C=O) groups excluding carboxylic acids is 1. The molecule has 2 rings (SSSR count). The molecule has 0 radical (unpaired) electrons. The van der Waals surface area contributed by atoms with E-state index in [1.165, 1.54) is 5.56 Å². The van der Waals surface area contributed by atoms with Crippen molar-refractivity contribution in [2.75, 3.05) is 20.8 Å². The van der Waals surface area contributed by atoms with E-state index >= 15 is 0 Å². The first-order valence-electron chi connectivity index (χ1n) is 10.7. The molecule has 0 aliphatic rings. The molecule has 168 valence electrons. The lowest BCUT2D eigenvalue weighted by atomic mass is 10.0. The van der Waals surface area contributed by atoms with Gasteiger partial charge in [-0.1, -0.05) is 30.3 Å². The van der Waals surface area contributed by atoms with Crippen molar-refractivity contribution in [2.45, 2.75) is 52.0 Å². The fourth-order valence-electron chi connectivity index (χ4n) is 3.63. The Labute approximate surface area is 184 Å². The summed E-state index contributed by atoms with van der Waals surface area (Å²) in [6.07, 6.45) is 2.95. The molecule has 31 heavy (non-hydrogen) atoms. The Hall–Kier alpha value is -3.02. The summed E-state index contributed by atoms with van der Waals surface area (Å²) in [5, 5.41) is 8.92. The van der Waals surface area contributed by atoms with E-state index in [1.54, 1.807) is 26.4 Å². The number of hydrogen-bond acceptors (Lipinski definition) is 4. The lowest BCUT2D eigenvalue weighted by Gasteiger charge is -2.30. The number of methoxy groups -OCH3 is 2. The van der Waals surface area contributed by atoms with E-state index in [9.17, 15) is 9.59 Å². The summed E-state index contributed by atoms with van der Waals surface area (Å²) in [5.41, 5.74) is 2.57. The number of aliphatic carboxylic acids is 1. The maximum absolute atomic E-state index is 13.5. The molecule has 0 bridgehead atoms. The SMILES string of the molecule is COc1cc(C(=O)N(CCCCC(=O)O)C(C)CCc2ccccc2)cc(OC)c1C. The Kier molecular flexibility index (Phi) is 9.38. The highest BCUT2D eigenvalue weighted by Gasteiger charge is 2.23. The van der Waals surface area contributed by atoms with Crippen LogP contribution in [0.15, 0.2) is 42.5 Å². The second-order valence-corrected chi connectivity index (χ2v) is 7.73. The minimum atomic E-state index is -0.817. The Balaban J connectivity index is 2.21. The zero-order chi connectivity index (χ0) is 22.8. The molecule has 1 N–H and O–H groups in total. The van der Waals surface area contributed by atoms with Gasteiger partial charge >= 0.3 is 5.97 Å². The number of hydrogen-bond donors (Lipinski definition) is 1. The Morgan fingerprint density at radius 2 is 1.65 bits per heavy atom. The van der Waals surface area contributed by atoms with E-state index in [2.05, 4.69) is 12.1 Å². The van der Waals surface area contributed by atoms with Gasteiger partial charge in [0.1, 0.15) is 11.5 Å². The maximum atomic E-state index is 13.5. The van der Waals surface area contributed by atoms with Crippen LogP contribution in [-0.2, 0) is 11.2 Å². The molecule has 0 heterocycles. The van der Waals surface area contributed by atoms with Crippen LogP contribution in [0.2, 0.25) is 0 Å². The van der Waals surface area contributed by atoms with Crippen molar-refractivity contribution in [3.8, 4) is 11.5 Å². The van der Waals surface area contributed by atoms with Crippen molar-refractivity contribution in [1.82, 2.24) is 4.90 Å².